The van der Waals surface area contributed by atoms with Crippen LogP contribution in [0.3, 0.4) is 0 Å². The fourth-order valence-electron chi connectivity index (χ4n) is 3.87. The highest BCUT2D eigenvalue weighted by molar-refractivity contribution is 7.87. The first-order valence-electron chi connectivity index (χ1n) is 12.3. The van der Waals surface area contributed by atoms with Gasteiger partial charge < -0.3 is 20.3 Å². The van der Waals surface area contributed by atoms with Crippen LogP contribution in [0.5, 0.6) is 5.75 Å². The van der Waals surface area contributed by atoms with Gasteiger partial charge in [-0.25, -0.2) is 3.97 Å². The van der Waals surface area contributed by atoms with Gasteiger partial charge in [0.05, 0.1) is 12.6 Å². The molecule has 204 valence electrons. The minimum Gasteiger partial charge on any atom is -0.497 e. The number of carbonyl (C=O) groups excluding carboxylic acids is 2. The van der Waals surface area contributed by atoms with Crippen LogP contribution >= 0.6 is 0 Å². The molecule has 38 heavy (non-hydrogen) atoms. The summed E-state index contributed by atoms with van der Waals surface area (Å²) in [7, 11) is 0.603. The second-order valence-electron chi connectivity index (χ2n) is 8.71. The largest absolute Gasteiger partial charge is 0.497 e. The first-order chi connectivity index (χ1) is 18.1. The summed E-state index contributed by atoms with van der Waals surface area (Å²) < 4.78 is 33.3. The van der Waals surface area contributed by atoms with Crippen LogP contribution in [0.4, 0.5) is 0 Å². The Bertz CT molecular complexity index is 1410. The third-order valence-electron chi connectivity index (χ3n) is 6.17. The van der Waals surface area contributed by atoms with Gasteiger partial charge in [0.15, 0.2) is 0 Å². The summed E-state index contributed by atoms with van der Waals surface area (Å²) >= 11 is 0. The first kappa shape index (κ1) is 28.9. The number of hydrogen-bond donors (Lipinski definition) is 2. The maximum Gasteiger partial charge on any atom is 0.307 e. The lowest BCUT2D eigenvalue weighted by atomic mass is 10.1. The molecule has 0 aliphatic heterocycles. The van der Waals surface area contributed by atoms with Crippen LogP contribution in [0.15, 0.2) is 60.4 Å². The number of hydrogen-bond acceptors (Lipinski definition) is 6. The van der Waals surface area contributed by atoms with E-state index in [0.717, 1.165) is 21.4 Å². The van der Waals surface area contributed by atoms with Gasteiger partial charge in [0, 0.05) is 49.9 Å². The van der Waals surface area contributed by atoms with E-state index in [1.54, 1.807) is 48.5 Å². The maximum absolute atomic E-state index is 13.3. The van der Waals surface area contributed by atoms with Crippen molar-refractivity contribution in [3.05, 3.63) is 71.6 Å². The van der Waals surface area contributed by atoms with Gasteiger partial charge in [-0.1, -0.05) is 32.0 Å². The molecule has 0 atom stereocenters. The Balaban J connectivity index is 2.02. The molecule has 0 fully saturated rings. The molecular formula is C27H35N5O5S. The lowest BCUT2D eigenvalue weighted by molar-refractivity contribution is -0.117. The molecule has 2 aromatic carbocycles. The molecule has 0 aliphatic rings. The van der Waals surface area contributed by atoms with E-state index < -0.39 is 22.0 Å². The molecule has 0 bridgehead atoms. The van der Waals surface area contributed by atoms with Gasteiger partial charge in [0.1, 0.15) is 11.4 Å². The predicted molar refractivity (Wildman–Crippen MR) is 149 cm³/mol. The summed E-state index contributed by atoms with van der Waals surface area (Å²) in [6.07, 6.45) is 2.95. The van der Waals surface area contributed by atoms with Crippen molar-refractivity contribution >= 4 is 39.0 Å². The SMILES string of the molecule is CCN(CC)CCNC(=O)C(=Cc1cn(S(=O)(=O)N(C)C)c2ccccc12)NC(=O)c1ccc(OC)cc1. The van der Waals surface area contributed by atoms with Crippen molar-refractivity contribution in [2.45, 2.75) is 13.8 Å². The predicted octanol–water partition coefficient (Wildman–Crippen LogP) is 2.53. The van der Waals surface area contributed by atoms with Crippen LogP contribution in [0.2, 0.25) is 0 Å². The van der Waals surface area contributed by atoms with E-state index in [2.05, 4.69) is 15.5 Å². The number of amides is 2. The monoisotopic (exact) mass is 541 g/mol. The van der Waals surface area contributed by atoms with Gasteiger partial charge in [-0.05, 0) is 49.5 Å². The summed E-state index contributed by atoms with van der Waals surface area (Å²) in [5.74, 6) is -0.366. The molecule has 2 amide bonds. The molecule has 1 heterocycles. The van der Waals surface area contributed by atoms with Crippen molar-refractivity contribution < 1.29 is 22.7 Å². The van der Waals surface area contributed by atoms with E-state index >= 15 is 0 Å². The van der Waals surface area contributed by atoms with E-state index in [-0.39, 0.29) is 5.70 Å². The Morgan fingerprint density at radius 3 is 2.29 bits per heavy atom. The molecule has 3 aromatic rings. The minimum absolute atomic E-state index is 0.00415. The summed E-state index contributed by atoms with van der Waals surface area (Å²) in [6.45, 7) is 6.82. The highest BCUT2D eigenvalue weighted by Crippen LogP contribution is 2.25. The molecule has 10 nitrogen and oxygen atoms in total. The van der Waals surface area contributed by atoms with E-state index in [9.17, 15) is 18.0 Å². The zero-order valence-electron chi connectivity index (χ0n) is 22.4. The Hall–Kier alpha value is -3.67. The Labute approximate surface area is 224 Å². The van der Waals surface area contributed by atoms with Crippen molar-refractivity contribution in [1.82, 2.24) is 23.8 Å². The Kier molecular flexibility index (Phi) is 9.67. The third-order valence-corrected chi connectivity index (χ3v) is 7.89. The number of methoxy groups -OCH3 is 1. The second kappa shape index (κ2) is 12.7. The zero-order valence-corrected chi connectivity index (χ0v) is 23.2. The van der Waals surface area contributed by atoms with E-state index in [1.807, 2.05) is 13.8 Å². The van der Waals surface area contributed by atoms with Gasteiger partial charge in [0.2, 0.25) is 0 Å². The molecule has 0 radical (unpaired) electrons. The Morgan fingerprint density at radius 1 is 1.03 bits per heavy atom. The Morgan fingerprint density at radius 2 is 1.68 bits per heavy atom. The van der Waals surface area contributed by atoms with Crippen molar-refractivity contribution in [1.29, 1.82) is 0 Å². The van der Waals surface area contributed by atoms with Crippen LogP contribution in [0.1, 0.15) is 29.8 Å². The molecule has 0 saturated carbocycles. The summed E-state index contributed by atoms with van der Waals surface area (Å²) in [5.41, 5.74) is 1.26. The van der Waals surface area contributed by atoms with E-state index in [0.29, 0.717) is 40.9 Å². The number of nitrogens with one attached hydrogen (secondary N) is 2. The van der Waals surface area contributed by atoms with Gasteiger partial charge in [-0.15, -0.1) is 0 Å². The molecule has 1 aromatic heterocycles. The average molecular weight is 542 g/mol. The van der Waals surface area contributed by atoms with Crippen LogP contribution < -0.4 is 15.4 Å². The number of carbonyl (C=O) groups is 2. The summed E-state index contributed by atoms with van der Waals surface area (Å²) in [6, 6.07) is 13.5. The normalized spacial score (nSPS) is 12.2. The summed E-state index contributed by atoms with van der Waals surface area (Å²) in [4.78, 5) is 28.5. The maximum atomic E-state index is 13.3. The van der Waals surface area contributed by atoms with Gasteiger partial charge in [-0.2, -0.15) is 12.7 Å². The van der Waals surface area contributed by atoms with Crippen LogP contribution in [-0.2, 0) is 15.0 Å². The second-order valence-corrected chi connectivity index (χ2v) is 10.7. The number of para-hydroxylation sites is 1. The van der Waals surface area contributed by atoms with Crippen LogP contribution in [-0.4, -0.2) is 80.8 Å². The van der Waals surface area contributed by atoms with Crippen molar-refractivity contribution in [3.63, 3.8) is 0 Å². The molecule has 2 N–H and O–H groups in total. The number of benzene rings is 2. The number of ether oxygens (including phenoxy) is 1. The average Bonchev–Trinajstić information content (AvgIpc) is 3.29. The number of fused-ring (bicyclic) bond motifs is 1. The molecule has 11 heteroatoms. The van der Waals surface area contributed by atoms with Crippen molar-refractivity contribution in [2.75, 3.05) is 47.4 Å². The summed E-state index contributed by atoms with van der Waals surface area (Å²) in [5, 5.41) is 6.19. The number of nitrogens with zero attached hydrogens (tertiary/aromatic N) is 3. The molecule has 0 unspecified atom stereocenters. The van der Waals surface area contributed by atoms with Gasteiger partial charge >= 0.3 is 10.2 Å². The lowest BCUT2D eigenvalue weighted by Crippen LogP contribution is -2.39. The standard InChI is InChI=1S/C27H35N5O5S/c1-6-31(7-2)17-16-28-27(34)24(29-26(33)20-12-14-22(37-5)15-13-20)18-21-19-32(38(35,36)30(3)4)25-11-9-8-10-23(21)25/h8-15,18-19H,6-7,16-17H2,1-5H3,(H,28,34)(H,29,33). The highest BCUT2D eigenvalue weighted by atomic mass is 32.2. The minimum atomic E-state index is -3.83. The molecule has 0 spiro atoms. The molecule has 3 rings (SSSR count). The molecule has 0 aliphatic carbocycles. The molecular weight excluding hydrogens is 506 g/mol. The smallest absolute Gasteiger partial charge is 0.307 e. The highest BCUT2D eigenvalue weighted by Gasteiger charge is 2.22. The number of rotatable bonds is 12. The van der Waals surface area contributed by atoms with E-state index in [4.69, 9.17) is 4.74 Å². The van der Waals surface area contributed by atoms with Gasteiger partial charge in [-0.3, -0.25) is 9.59 Å². The van der Waals surface area contributed by atoms with Gasteiger partial charge in [0.25, 0.3) is 11.8 Å². The van der Waals surface area contributed by atoms with E-state index in [1.165, 1.54) is 33.5 Å². The number of likely N-dealkylation sites (N-methyl/N-ethyl adjacent to an activating group) is 1. The number of aromatic nitrogens is 1. The van der Waals surface area contributed by atoms with Crippen molar-refractivity contribution in [2.24, 2.45) is 0 Å². The topological polar surface area (TPSA) is 113 Å². The first-order valence-corrected chi connectivity index (χ1v) is 13.7. The van der Waals surface area contributed by atoms with Crippen LogP contribution in [0.25, 0.3) is 17.0 Å². The molecule has 0 saturated heterocycles. The third kappa shape index (κ3) is 6.60. The zero-order chi connectivity index (χ0) is 27.9. The fraction of sp³-hybridized carbons (Fsp3) is 0.333. The fourth-order valence-corrected chi connectivity index (χ4v) is 4.88. The lowest BCUT2D eigenvalue weighted by Gasteiger charge is -2.18. The van der Waals surface area contributed by atoms with Crippen LogP contribution in [0, 0.1) is 0 Å². The van der Waals surface area contributed by atoms with Crippen molar-refractivity contribution in [3.8, 4) is 5.75 Å². The quantitative estimate of drug-likeness (QED) is 0.341.